The standard InChI is InChI=1S/CH3Cl2O3P/c2-1(3)7(4,5)6/h1H,(H2,4,5,6). The molecular weight excluding hydrogens is 162 g/mol. The summed E-state index contributed by atoms with van der Waals surface area (Å²) in [6, 6.07) is 0. The predicted molar refractivity (Wildman–Crippen MR) is 27.5 cm³/mol. The molecule has 0 spiro atoms. The van der Waals surface area contributed by atoms with Gasteiger partial charge in [-0.3, -0.25) is 4.57 Å². The Kier molecular flexibility index (Phi) is 2.58. The summed E-state index contributed by atoms with van der Waals surface area (Å²) in [5.41, 5.74) is 0. The first kappa shape index (κ1) is 7.73. The fourth-order valence-electron chi connectivity index (χ4n) is 0. The van der Waals surface area contributed by atoms with Crippen LogP contribution in [0.15, 0.2) is 0 Å². The van der Waals surface area contributed by atoms with Crippen molar-refractivity contribution in [3.05, 3.63) is 0 Å². The van der Waals surface area contributed by atoms with Crippen molar-refractivity contribution >= 4 is 30.8 Å². The molecule has 0 aromatic heterocycles. The molecule has 7 heavy (non-hydrogen) atoms. The van der Waals surface area contributed by atoms with Crippen LogP contribution in [0.2, 0.25) is 0 Å². The molecule has 2 N–H and O–H groups in total. The number of hydrogen-bond acceptors (Lipinski definition) is 1. The second kappa shape index (κ2) is 2.33. The predicted octanol–water partition coefficient (Wildman–Crippen LogP) is 0.925. The van der Waals surface area contributed by atoms with Gasteiger partial charge in [-0.05, 0) is 0 Å². The van der Waals surface area contributed by atoms with Gasteiger partial charge in [0, 0.05) is 0 Å². The minimum absolute atomic E-state index is 1.59. The SMILES string of the molecule is O=P(O)(O)C(Cl)Cl. The molecule has 0 aliphatic heterocycles. The highest BCUT2D eigenvalue weighted by molar-refractivity contribution is 7.56. The van der Waals surface area contributed by atoms with E-state index in [0.29, 0.717) is 0 Å². The van der Waals surface area contributed by atoms with Crippen molar-refractivity contribution in [3.8, 4) is 0 Å². The minimum Gasteiger partial charge on any atom is -0.323 e. The zero-order valence-electron chi connectivity index (χ0n) is 3.08. The maximum atomic E-state index is 9.76. The van der Waals surface area contributed by atoms with E-state index in [0.717, 1.165) is 0 Å². The van der Waals surface area contributed by atoms with Crippen LogP contribution >= 0.6 is 30.8 Å². The fraction of sp³-hybridized carbons (Fsp3) is 1.00. The summed E-state index contributed by atoms with van der Waals surface area (Å²) < 4.78 is 8.17. The normalized spacial score (nSPS) is 12.7. The Morgan fingerprint density at radius 2 is 1.57 bits per heavy atom. The van der Waals surface area contributed by atoms with Crippen molar-refractivity contribution in [1.29, 1.82) is 0 Å². The van der Waals surface area contributed by atoms with Crippen molar-refractivity contribution in [3.63, 3.8) is 0 Å². The molecule has 0 bridgehead atoms. The summed E-state index contributed by atoms with van der Waals surface area (Å²) in [6.07, 6.45) is 0. The first-order chi connectivity index (χ1) is 2.94. The van der Waals surface area contributed by atoms with E-state index in [4.69, 9.17) is 33.0 Å². The quantitative estimate of drug-likeness (QED) is 0.448. The van der Waals surface area contributed by atoms with E-state index in [9.17, 15) is 4.57 Å². The van der Waals surface area contributed by atoms with Crippen LogP contribution in [0, 0.1) is 0 Å². The van der Waals surface area contributed by atoms with Crippen LogP contribution in [0.4, 0.5) is 0 Å². The van der Waals surface area contributed by atoms with Gasteiger partial charge in [0.15, 0.2) is 0 Å². The summed E-state index contributed by atoms with van der Waals surface area (Å²) in [5, 5.41) is 0. The van der Waals surface area contributed by atoms with Gasteiger partial charge < -0.3 is 9.79 Å². The third-order valence-electron chi connectivity index (χ3n) is 0.254. The second-order valence-electron chi connectivity index (χ2n) is 0.867. The van der Waals surface area contributed by atoms with Gasteiger partial charge in [0.1, 0.15) is 0 Å². The molecule has 0 rings (SSSR count). The Labute approximate surface area is 50.4 Å². The Hall–Kier alpha value is 0.730. The van der Waals surface area contributed by atoms with E-state index in [2.05, 4.69) is 0 Å². The molecule has 0 aromatic carbocycles. The van der Waals surface area contributed by atoms with Gasteiger partial charge in [-0.25, -0.2) is 0 Å². The zero-order chi connectivity index (χ0) is 6.08. The molecule has 0 radical (unpaired) electrons. The van der Waals surface area contributed by atoms with E-state index in [1.165, 1.54) is 0 Å². The molecule has 44 valence electrons. The third-order valence-corrected chi connectivity index (χ3v) is 2.29. The van der Waals surface area contributed by atoms with Crippen LogP contribution in [-0.4, -0.2) is 14.4 Å². The lowest BCUT2D eigenvalue weighted by Crippen LogP contribution is -1.86. The van der Waals surface area contributed by atoms with Crippen LogP contribution < -0.4 is 0 Å². The molecule has 6 heteroatoms. The highest BCUT2D eigenvalue weighted by atomic mass is 35.5. The smallest absolute Gasteiger partial charge is 0.323 e. The van der Waals surface area contributed by atoms with Gasteiger partial charge >= 0.3 is 7.60 Å². The highest BCUT2D eigenvalue weighted by Gasteiger charge is 2.22. The van der Waals surface area contributed by atoms with E-state index >= 15 is 0 Å². The number of rotatable bonds is 1. The maximum absolute atomic E-state index is 9.76. The van der Waals surface area contributed by atoms with E-state index in [-0.39, 0.29) is 0 Å². The van der Waals surface area contributed by atoms with Gasteiger partial charge in [0.05, 0.1) is 0 Å². The zero-order valence-corrected chi connectivity index (χ0v) is 5.49. The van der Waals surface area contributed by atoms with E-state index in [1.54, 1.807) is 0 Å². The fourth-order valence-corrected chi connectivity index (χ4v) is 0. The van der Waals surface area contributed by atoms with Crippen LogP contribution in [0.25, 0.3) is 0 Å². The molecule has 3 nitrogen and oxygen atoms in total. The van der Waals surface area contributed by atoms with Crippen molar-refractivity contribution in [1.82, 2.24) is 0 Å². The molecule has 0 aliphatic rings. The third kappa shape index (κ3) is 3.32. The molecule has 0 aromatic rings. The summed E-state index contributed by atoms with van der Waals surface area (Å²) in [4.78, 5) is 15.9. The van der Waals surface area contributed by atoms with Crippen LogP contribution in [0.5, 0.6) is 0 Å². The van der Waals surface area contributed by atoms with Crippen molar-refractivity contribution < 1.29 is 14.4 Å². The van der Waals surface area contributed by atoms with E-state index in [1.807, 2.05) is 0 Å². The molecule has 0 saturated heterocycles. The van der Waals surface area contributed by atoms with Crippen LogP contribution in [-0.2, 0) is 4.57 Å². The first-order valence-corrected chi connectivity index (χ1v) is 3.83. The lowest BCUT2D eigenvalue weighted by molar-refractivity contribution is 0.376. The Balaban J connectivity index is 3.80. The van der Waals surface area contributed by atoms with Gasteiger partial charge in [-0.2, -0.15) is 0 Å². The topological polar surface area (TPSA) is 57.5 Å². The van der Waals surface area contributed by atoms with Gasteiger partial charge in [-0.1, -0.05) is 23.2 Å². The Bertz CT molecular complexity index is 95.1. The molecule has 0 unspecified atom stereocenters. The molecule has 0 fully saturated rings. The van der Waals surface area contributed by atoms with Crippen LogP contribution in [0.3, 0.4) is 0 Å². The van der Waals surface area contributed by atoms with Crippen molar-refractivity contribution in [2.24, 2.45) is 0 Å². The largest absolute Gasteiger partial charge is 0.358 e. The number of halogens is 2. The molecule has 0 aliphatic carbocycles. The molecule has 0 atom stereocenters. The molecular formula is CH3Cl2O3P. The minimum atomic E-state index is -4.21. The molecule has 0 amide bonds. The number of alkyl halides is 2. The average Bonchev–Trinajstić information content (AvgIpc) is 1.31. The highest BCUT2D eigenvalue weighted by Crippen LogP contribution is 2.45. The van der Waals surface area contributed by atoms with Gasteiger partial charge in [0.25, 0.3) is 0 Å². The van der Waals surface area contributed by atoms with Crippen molar-refractivity contribution in [2.45, 2.75) is 4.58 Å². The van der Waals surface area contributed by atoms with Gasteiger partial charge in [0.2, 0.25) is 4.58 Å². The van der Waals surface area contributed by atoms with E-state index < -0.39 is 12.2 Å². The Morgan fingerprint density at radius 3 is 1.57 bits per heavy atom. The van der Waals surface area contributed by atoms with Gasteiger partial charge in [-0.15, -0.1) is 0 Å². The maximum Gasteiger partial charge on any atom is 0.358 e. The molecule has 0 heterocycles. The van der Waals surface area contributed by atoms with Crippen molar-refractivity contribution in [2.75, 3.05) is 0 Å². The average molecular weight is 165 g/mol. The summed E-state index contributed by atoms with van der Waals surface area (Å²) in [5.74, 6) is 0. The lowest BCUT2D eigenvalue weighted by Gasteiger charge is -1.99. The Morgan fingerprint density at radius 1 is 1.43 bits per heavy atom. The number of hydrogen-bond donors (Lipinski definition) is 2. The summed E-state index contributed by atoms with van der Waals surface area (Å²) in [7, 11) is -4.21. The monoisotopic (exact) mass is 164 g/mol. The summed E-state index contributed by atoms with van der Waals surface area (Å²) in [6.45, 7) is 0. The first-order valence-electron chi connectivity index (χ1n) is 1.28. The lowest BCUT2D eigenvalue weighted by atomic mass is 11.9. The van der Waals surface area contributed by atoms with Crippen LogP contribution in [0.1, 0.15) is 0 Å². The second-order valence-corrected chi connectivity index (χ2v) is 4.27. The molecule has 0 saturated carbocycles. The summed E-state index contributed by atoms with van der Waals surface area (Å²) >= 11 is 9.51.